The number of ether oxygens (including phenoxy) is 2. The molecule has 4 nitrogen and oxygen atoms in total. The maximum Gasteiger partial charge on any atom is 0.229 e. The van der Waals surface area contributed by atoms with Crippen molar-refractivity contribution in [3.8, 4) is 0 Å². The molecule has 0 radical (unpaired) electrons. The van der Waals surface area contributed by atoms with E-state index in [2.05, 4.69) is 0 Å². The van der Waals surface area contributed by atoms with Crippen LogP contribution in [0.15, 0.2) is 0 Å². The van der Waals surface area contributed by atoms with Gasteiger partial charge in [-0.2, -0.15) is 0 Å². The van der Waals surface area contributed by atoms with Gasteiger partial charge in [-0.25, -0.2) is 0 Å². The van der Waals surface area contributed by atoms with E-state index in [0.29, 0.717) is 11.3 Å². The molecule has 3 aliphatic carbocycles. The van der Waals surface area contributed by atoms with Crippen LogP contribution in [0.4, 0.5) is 0 Å². The van der Waals surface area contributed by atoms with E-state index in [4.69, 9.17) is 9.47 Å². The molecule has 4 fully saturated rings. The van der Waals surface area contributed by atoms with Gasteiger partial charge in [0.05, 0.1) is 11.5 Å². The molecule has 0 spiro atoms. The molecular formula is C18H31NO3. The van der Waals surface area contributed by atoms with Crippen molar-refractivity contribution < 1.29 is 14.3 Å². The quantitative estimate of drug-likeness (QED) is 0.582. The predicted molar refractivity (Wildman–Crippen MR) is 85.7 cm³/mol. The zero-order valence-corrected chi connectivity index (χ0v) is 14.2. The second-order valence-corrected chi connectivity index (χ2v) is 7.89. The average Bonchev–Trinajstić information content (AvgIpc) is 2.37. The van der Waals surface area contributed by atoms with E-state index in [1.165, 1.54) is 38.5 Å². The van der Waals surface area contributed by atoms with E-state index in [0.717, 1.165) is 39.0 Å². The van der Waals surface area contributed by atoms with Crippen LogP contribution in [0.1, 0.15) is 57.8 Å². The van der Waals surface area contributed by atoms with Crippen molar-refractivity contribution in [2.24, 2.45) is 10.8 Å². The minimum Gasteiger partial charge on any atom is -0.385 e. The normalized spacial score (nSPS) is 33.1. The van der Waals surface area contributed by atoms with Crippen molar-refractivity contribution in [1.29, 1.82) is 0 Å². The molecule has 0 N–H and O–H groups in total. The smallest absolute Gasteiger partial charge is 0.229 e. The number of rotatable bonds is 10. The van der Waals surface area contributed by atoms with E-state index in [9.17, 15) is 4.79 Å². The Bertz CT molecular complexity index is 383. The Morgan fingerprint density at radius 3 is 2.32 bits per heavy atom. The Morgan fingerprint density at radius 2 is 1.68 bits per heavy atom. The van der Waals surface area contributed by atoms with Gasteiger partial charge in [-0.1, -0.05) is 25.7 Å². The number of carbonyl (C=O) groups is 1. The van der Waals surface area contributed by atoms with Gasteiger partial charge in [-0.15, -0.1) is 0 Å². The zero-order valence-electron chi connectivity index (χ0n) is 14.2. The Labute approximate surface area is 134 Å². The zero-order chi connectivity index (χ0) is 15.6. The fraction of sp³-hybridized carbons (Fsp3) is 0.944. The van der Waals surface area contributed by atoms with Crippen LogP contribution in [0.25, 0.3) is 0 Å². The van der Waals surface area contributed by atoms with Gasteiger partial charge in [0, 0.05) is 33.9 Å². The lowest BCUT2D eigenvalue weighted by atomic mass is 9.33. The molecule has 1 amide bonds. The molecule has 1 aliphatic heterocycles. The average molecular weight is 309 g/mol. The van der Waals surface area contributed by atoms with Gasteiger partial charge < -0.3 is 14.4 Å². The summed E-state index contributed by atoms with van der Waals surface area (Å²) in [5, 5.41) is 0. The molecule has 1 saturated heterocycles. The molecule has 1 heterocycles. The molecule has 4 aliphatic rings. The molecule has 0 aromatic heterocycles. The maximum absolute atomic E-state index is 12.5. The van der Waals surface area contributed by atoms with E-state index in [1.54, 1.807) is 14.2 Å². The number of likely N-dealkylation sites (tertiary alicyclic amines) is 1. The van der Waals surface area contributed by atoms with Crippen LogP contribution in [-0.4, -0.2) is 50.8 Å². The van der Waals surface area contributed by atoms with E-state index >= 15 is 0 Å². The van der Waals surface area contributed by atoms with E-state index < -0.39 is 0 Å². The lowest BCUT2D eigenvalue weighted by Gasteiger charge is -2.71. The first-order valence-corrected chi connectivity index (χ1v) is 8.94. The van der Waals surface area contributed by atoms with Gasteiger partial charge in [-0.3, -0.25) is 4.79 Å². The first kappa shape index (κ1) is 16.3. The van der Waals surface area contributed by atoms with Crippen molar-refractivity contribution in [2.75, 3.05) is 33.9 Å². The maximum atomic E-state index is 12.5. The summed E-state index contributed by atoms with van der Waals surface area (Å²) in [6.07, 6.45) is 11.6. The summed E-state index contributed by atoms with van der Waals surface area (Å²) in [6.45, 7) is 2.52. The Balaban J connectivity index is 1.27. The molecule has 0 aromatic carbocycles. The molecule has 3 saturated carbocycles. The number of hydrogen-bond donors (Lipinski definition) is 0. The third kappa shape index (κ3) is 2.92. The summed E-state index contributed by atoms with van der Waals surface area (Å²) >= 11 is 0. The number of hydrogen-bond acceptors (Lipinski definition) is 3. The molecule has 0 unspecified atom stereocenters. The number of methoxy groups -OCH3 is 2. The lowest BCUT2D eigenvalue weighted by molar-refractivity contribution is -0.225. The predicted octanol–water partition coefficient (Wildman–Crippen LogP) is 3.00. The topological polar surface area (TPSA) is 38.8 Å². The lowest BCUT2D eigenvalue weighted by Crippen LogP contribution is -2.70. The Morgan fingerprint density at radius 1 is 1.05 bits per heavy atom. The number of unbranched alkanes of at least 4 members (excludes halogenated alkanes) is 4. The molecule has 0 aromatic rings. The van der Waals surface area contributed by atoms with Gasteiger partial charge in [0.15, 0.2) is 0 Å². The first-order chi connectivity index (χ1) is 10.6. The second-order valence-electron chi connectivity index (χ2n) is 7.89. The molecule has 22 heavy (non-hydrogen) atoms. The van der Waals surface area contributed by atoms with Crippen LogP contribution in [0, 0.1) is 10.8 Å². The van der Waals surface area contributed by atoms with Gasteiger partial charge >= 0.3 is 0 Å². The van der Waals surface area contributed by atoms with Gasteiger partial charge in [0.25, 0.3) is 0 Å². The monoisotopic (exact) mass is 309 g/mol. The highest BCUT2D eigenvalue weighted by atomic mass is 16.5. The molecule has 0 atom stereocenters. The summed E-state index contributed by atoms with van der Waals surface area (Å²) in [5.74, 6) is 0.419. The summed E-state index contributed by atoms with van der Waals surface area (Å²) in [7, 11) is 3.51. The van der Waals surface area contributed by atoms with Crippen molar-refractivity contribution >= 4 is 5.91 Å². The summed E-state index contributed by atoms with van der Waals surface area (Å²) in [4.78, 5) is 14.5. The molecule has 126 valence electrons. The first-order valence-electron chi connectivity index (χ1n) is 8.94. The third-order valence-electron chi connectivity index (χ3n) is 6.12. The number of carbonyl (C=O) groups excluding carboxylic acids is 1. The fourth-order valence-electron chi connectivity index (χ4n) is 4.86. The largest absolute Gasteiger partial charge is 0.385 e. The Hall–Kier alpha value is -0.610. The van der Waals surface area contributed by atoms with Crippen LogP contribution in [0.5, 0.6) is 0 Å². The summed E-state index contributed by atoms with van der Waals surface area (Å²) < 4.78 is 10.3. The van der Waals surface area contributed by atoms with E-state index in [-0.39, 0.29) is 11.5 Å². The van der Waals surface area contributed by atoms with Crippen LogP contribution in [-0.2, 0) is 14.3 Å². The molecule has 4 heteroatoms. The van der Waals surface area contributed by atoms with Crippen molar-refractivity contribution in [3.63, 3.8) is 0 Å². The Kier molecular flexibility index (Phi) is 4.79. The van der Waals surface area contributed by atoms with Crippen molar-refractivity contribution in [3.05, 3.63) is 0 Å². The van der Waals surface area contributed by atoms with Crippen molar-refractivity contribution in [2.45, 2.75) is 63.9 Å². The number of nitrogens with zero attached hydrogens (tertiary/aromatic N) is 1. The van der Waals surface area contributed by atoms with Crippen LogP contribution in [0.3, 0.4) is 0 Å². The second kappa shape index (κ2) is 6.48. The van der Waals surface area contributed by atoms with Crippen LogP contribution >= 0.6 is 0 Å². The molecule has 2 bridgehead atoms. The third-order valence-corrected chi connectivity index (χ3v) is 6.12. The highest BCUT2D eigenvalue weighted by Gasteiger charge is 2.71. The minimum absolute atomic E-state index is 0.0528. The highest BCUT2D eigenvalue weighted by Crippen LogP contribution is 2.75. The van der Waals surface area contributed by atoms with Crippen LogP contribution in [0.2, 0.25) is 0 Å². The minimum atomic E-state index is 0.0528. The fourth-order valence-corrected chi connectivity index (χ4v) is 4.86. The molecule has 4 rings (SSSR count). The molecular weight excluding hydrogens is 278 g/mol. The summed E-state index contributed by atoms with van der Waals surface area (Å²) in [6, 6.07) is 0. The standard InChI is InChI=1S/C18H31NO3/c1-21-9-7-5-3-4-6-8-17-12-18(13-17,14-17)16(20)19-10-15(11-19)22-2/h15H,3-14H2,1-2H3. The van der Waals surface area contributed by atoms with E-state index in [1.807, 2.05) is 4.90 Å². The van der Waals surface area contributed by atoms with Gasteiger partial charge in [-0.05, 0) is 37.5 Å². The SMILES string of the molecule is COCCCCCCCC12CC(C(=O)N3CC(OC)C3)(C1)C2. The van der Waals surface area contributed by atoms with Crippen molar-refractivity contribution in [1.82, 2.24) is 4.90 Å². The summed E-state index contributed by atoms with van der Waals surface area (Å²) in [5.41, 5.74) is 0.602. The van der Waals surface area contributed by atoms with Crippen LogP contribution < -0.4 is 0 Å². The number of amides is 1. The highest BCUT2D eigenvalue weighted by molar-refractivity contribution is 5.87. The van der Waals surface area contributed by atoms with Gasteiger partial charge in [0.1, 0.15) is 0 Å². The van der Waals surface area contributed by atoms with Gasteiger partial charge in [0.2, 0.25) is 5.91 Å².